The number of aryl methyl sites for hydroxylation is 1. The minimum atomic E-state index is -0.969. The zero-order chi connectivity index (χ0) is 14.9. The second-order valence-corrected chi connectivity index (χ2v) is 5.52. The number of halogens is 1. The van der Waals surface area contributed by atoms with Crippen LogP contribution in [0.2, 0.25) is 0 Å². The standard InChI is InChI=1S/C14H16FNO4/c1-14(2,3)19-13(18)20-16-11-6-5-10(15)8-9(11)4-7-12(16)17/h5-6,8H,4,7H2,1-3H3. The van der Waals surface area contributed by atoms with Gasteiger partial charge in [0.1, 0.15) is 11.4 Å². The molecule has 20 heavy (non-hydrogen) atoms. The maximum atomic E-state index is 13.2. The van der Waals surface area contributed by atoms with E-state index in [9.17, 15) is 14.0 Å². The van der Waals surface area contributed by atoms with Gasteiger partial charge in [-0.2, -0.15) is 0 Å². The quantitative estimate of drug-likeness (QED) is 0.743. The van der Waals surface area contributed by atoms with E-state index in [2.05, 4.69) is 0 Å². The van der Waals surface area contributed by atoms with E-state index in [1.165, 1.54) is 18.2 Å². The molecule has 1 aliphatic rings. The summed E-state index contributed by atoms with van der Waals surface area (Å²) in [4.78, 5) is 28.4. The lowest BCUT2D eigenvalue weighted by Gasteiger charge is -2.28. The van der Waals surface area contributed by atoms with E-state index >= 15 is 0 Å². The van der Waals surface area contributed by atoms with Crippen molar-refractivity contribution in [2.24, 2.45) is 0 Å². The molecule has 0 N–H and O–H groups in total. The average molecular weight is 281 g/mol. The number of hydroxylamine groups is 1. The van der Waals surface area contributed by atoms with E-state index in [1.54, 1.807) is 20.8 Å². The fourth-order valence-corrected chi connectivity index (χ4v) is 1.87. The van der Waals surface area contributed by atoms with Crippen molar-refractivity contribution in [2.75, 3.05) is 5.06 Å². The number of ether oxygens (including phenoxy) is 1. The van der Waals surface area contributed by atoms with Gasteiger partial charge in [0.25, 0.3) is 5.91 Å². The Morgan fingerprint density at radius 3 is 2.65 bits per heavy atom. The van der Waals surface area contributed by atoms with Crippen LogP contribution in [0.1, 0.15) is 32.8 Å². The molecule has 0 atom stereocenters. The van der Waals surface area contributed by atoms with Crippen molar-refractivity contribution in [1.29, 1.82) is 0 Å². The average Bonchev–Trinajstić information content (AvgIpc) is 2.30. The maximum Gasteiger partial charge on any atom is 0.534 e. The third kappa shape index (κ3) is 3.26. The monoisotopic (exact) mass is 281 g/mol. The maximum absolute atomic E-state index is 13.2. The molecule has 0 aliphatic carbocycles. The number of carbonyl (C=O) groups excluding carboxylic acids is 2. The Kier molecular flexibility index (Phi) is 3.65. The van der Waals surface area contributed by atoms with Gasteiger partial charge in [-0.1, -0.05) is 0 Å². The van der Waals surface area contributed by atoms with E-state index in [1.807, 2.05) is 0 Å². The zero-order valence-electron chi connectivity index (χ0n) is 11.6. The summed E-state index contributed by atoms with van der Waals surface area (Å²) in [5, 5.41) is 0.867. The fraction of sp³-hybridized carbons (Fsp3) is 0.429. The van der Waals surface area contributed by atoms with Crippen LogP contribution in [0.4, 0.5) is 14.9 Å². The number of anilines is 1. The molecule has 0 unspecified atom stereocenters. The van der Waals surface area contributed by atoms with E-state index in [0.717, 1.165) is 5.06 Å². The largest absolute Gasteiger partial charge is 0.534 e. The molecule has 0 radical (unpaired) electrons. The number of benzene rings is 1. The molecule has 1 aliphatic heterocycles. The number of hydrogen-bond donors (Lipinski definition) is 0. The summed E-state index contributed by atoms with van der Waals surface area (Å²) in [6, 6.07) is 3.95. The summed E-state index contributed by atoms with van der Waals surface area (Å²) in [7, 11) is 0. The minimum absolute atomic E-state index is 0.152. The molecule has 0 bridgehead atoms. The Labute approximate surface area is 116 Å². The molecule has 0 saturated heterocycles. The fourth-order valence-electron chi connectivity index (χ4n) is 1.87. The van der Waals surface area contributed by atoms with Gasteiger partial charge in [0.05, 0.1) is 5.69 Å². The van der Waals surface area contributed by atoms with E-state index in [-0.39, 0.29) is 12.3 Å². The van der Waals surface area contributed by atoms with Gasteiger partial charge in [-0.3, -0.25) is 9.63 Å². The van der Waals surface area contributed by atoms with Crippen molar-refractivity contribution < 1.29 is 23.6 Å². The van der Waals surface area contributed by atoms with E-state index in [0.29, 0.717) is 17.7 Å². The van der Waals surface area contributed by atoms with Crippen LogP contribution in [0.15, 0.2) is 18.2 Å². The summed E-state index contributed by atoms with van der Waals surface area (Å²) in [5.41, 5.74) is 0.267. The molecule has 1 heterocycles. The highest BCUT2D eigenvalue weighted by atomic mass is 19.1. The van der Waals surface area contributed by atoms with Crippen LogP contribution in [0, 0.1) is 5.82 Å². The Bertz CT molecular complexity index is 551. The molecule has 1 aromatic carbocycles. The molecule has 1 aromatic rings. The van der Waals surface area contributed by atoms with Gasteiger partial charge in [0.2, 0.25) is 0 Å². The smallest absolute Gasteiger partial charge is 0.427 e. The van der Waals surface area contributed by atoms with Crippen molar-refractivity contribution in [3.8, 4) is 0 Å². The first-order chi connectivity index (χ1) is 9.26. The predicted octanol–water partition coefficient (Wildman–Crippen LogP) is 2.97. The Hall–Kier alpha value is -2.11. The molecule has 0 fully saturated rings. The van der Waals surface area contributed by atoms with Gasteiger partial charge < -0.3 is 4.74 Å². The first-order valence-electron chi connectivity index (χ1n) is 6.28. The number of nitrogens with zero attached hydrogens (tertiary/aromatic N) is 1. The normalized spacial score (nSPS) is 14.8. The van der Waals surface area contributed by atoms with Gasteiger partial charge in [0.15, 0.2) is 0 Å². The van der Waals surface area contributed by atoms with Gasteiger partial charge in [-0.15, -0.1) is 5.06 Å². The van der Waals surface area contributed by atoms with Crippen molar-refractivity contribution in [2.45, 2.75) is 39.2 Å². The summed E-state index contributed by atoms with van der Waals surface area (Å²) < 4.78 is 18.2. The van der Waals surface area contributed by atoms with Crippen molar-refractivity contribution in [3.05, 3.63) is 29.6 Å². The first-order valence-corrected chi connectivity index (χ1v) is 6.28. The van der Waals surface area contributed by atoms with Crippen LogP contribution in [0.25, 0.3) is 0 Å². The molecule has 108 valence electrons. The third-order valence-electron chi connectivity index (χ3n) is 2.65. The van der Waals surface area contributed by atoms with Crippen LogP contribution in [0.3, 0.4) is 0 Å². The number of fused-ring (bicyclic) bond motifs is 1. The number of rotatable bonds is 1. The van der Waals surface area contributed by atoms with Gasteiger partial charge in [0, 0.05) is 6.42 Å². The van der Waals surface area contributed by atoms with Crippen molar-refractivity contribution in [1.82, 2.24) is 0 Å². The van der Waals surface area contributed by atoms with Crippen LogP contribution in [-0.4, -0.2) is 17.7 Å². The molecule has 0 saturated carbocycles. The predicted molar refractivity (Wildman–Crippen MR) is 69.5 cm³/mol. The highest BCUT2D eigenvalue weighted by Gasteiger charge is 2.30. The second kappa shape index (κ2) is 5.11. The highest BCUT2D eigenvalue weighted by molar-refractivity contribution is 5.95. The molecule has 0 aromatic heterocycles. The van der Waals surface area contributed by atoms with Crippen LogP contribution in [-0.2, 0) is 20.8 Å². The second-order valence-electron chi connectivity index (χ2n) is 5.52. The van der Waals surface area contributed by atoms with Gasteiger partial charge >= 0.3 is 6.16 Å². The molecule has 6 heteroatoms. The summed E-state index contributed by atoms with van der Waals surface area (Å²) in [6.45, 7) is 5.07. The first kappa shape index (κ1) is 14.3. The Balaban J connectivity index is 2.20. The topological polar surface area (TPSA) is 55.8 Å². The van der Waals surface area contributed by atoms with Crippen molar-refractivity contribution >= 4 is 17.7 Å². The van der Waals surface area contributed by atoms with E-state index in [4.69, 9.17) is 9.57 Å². The highest BCUT2D eigenvalue weighted by Crippen LogP contribution is 2.29. The molecule has 0 spiro atoms. The lowest BCUT2D eigenvalue weighted by molar-refractivity contribution is -0.126. The Morgan fingerprint density at radius 2 is 2.00 bits per heavy atom. The van der Waals surface area contributed by atoms with Crippen LogP contribution >= 0.6 is 0 Å². The number of hydrogen-bond acceptors (Lipinski definition) is 4. The van der Waals surface area contributed by atoms with Gasteiger partial charge in [-0.05, 0) is 51.0 Å². The number of carbonyl (C=O) groups is 2. The zero-order valence-corrected chi connectivity index (χ0v) is 11.6. The third-order valence-corrected chi connectivity index (χ3v) is 2.65. The Morgan fingerprint density at radius 1 is 1.30 bits per heavy atom. The van der Waals surface area contributed by atoms with Crippen molar-refractivity contribution in [3.63, 3.8) is 0 Å². The molecular formula is C14H16FNO4. The van der Waals surface area contributed by atoms with Crippen LogP contribution < -0.4 is 5.06 Å². The number of amides is 1. The van der Waals surface area contributed by atoms with Crippen LogP contribution in [0.5, 0.6) is 0 Å². The molecule has 1 amide bonds. The molecule has 5 nitrogen and oxygen atoms in total. The SMILES string of the molecule is CC(C)(C)OC(=O)ON1C(=O)CCc2cc(F)ccc21. The summed E-state index contributed by atoms with van der Waals surface area (Å²) in [6.07, 6.45) is -0.401. The van der Waals surface area contributed by atoms with Gasteiger partial charge in [-0.25, -0.2) is 9.18 Å². The van der Waals surface area contributed by atoms with E-state index < -0.39 is 17.6 Å². The molecule has 2 rings (SSSR count). The minimum Gasteiger partial charge on any atom is -0.427 e. The lowest BCUT2D eigenvalue weighted by Crippen LogP contribution is -2.39. The molecular weight excluding hydrogens is 265 g/mol. The lowest BCUT2D eigenvalue weighted by atomic mass is 10.0. The summed E-state index contributed by atoms with van der Waals surface area (Å²) in [5.74, 6) is -0.759. The summed E-state index contributed by atoms with van der Waals surface area (Å²) >= 11 is 0.